The second kappa shape index (κ2) is 6.66. The lowest BCUT2D eigenvalue weighted by Crippen LogP contribution is -2.38. The lowest BCUT2D eigenvalue weighted by molar-refractivity contribution is 0.0925. The number of thioether (sulfide) groups is 1. The molecule has 1 amide bonds. The number of hydrogen-bond acceptors (Lipinski definition) is 3. The van der Waals surface area contributed by atoms with E-state index in [9.17, 15) is 9.90 Å². The number of phenols is 1. The number of amides is 1. The summed E-state index contributed by atoms with van der Waals surface area (Å²) >= 11 is 5.17. The average molecular weight is 344 g/mol. The molecule has 0 aromatic heterocycles. The van der Waals surface area contributed by atoms with Crippen LogP contribution in [0.3, 0.4) is 0 Å². The van der Waals surface area contributed by atoms with E-state index in [2.05, 4.69) is 27.5 Å². The van der Waals surface area contributed by atoms with Crippen molar-refractivity contribution in [2.24, 2.45) is 0 Å². The Morgan fingerprint density at radius 2 is 2.05 bits per heavy atom. The first-order valence-corrected chi connectivity index (χ1v) is 8.50. The number of carbonyl (C=O) groups excluding carboxylic acids is 1. The zero-order valence-electron chi connectivity index (χ0n) is 10.9. The summed E-state index contributed by atoms with van der Waals surface area (Å²) in [7, 11) is 0. The van der Waals surface area contributed by atoms with Crippen molar-refractivity contribution in [1.29, 1.82) is 0 Å². The zero-order chi connectivity index (χ0) is 13.8. The summed E-state index contributed by atoms with van der Waals surface area (Å²) in [5.41, 5.74) is 0.343. The lowest BCUT2D eigenvalue weighted by atomic mass is 9.94. The first-order chi connectivity index (χ1) is 9.10. The van der Waals surface area contributed by atoms with Gasteiger partial charge in [-0.05, 0) is 50.1 Å². The van der Waals surface area contributed by atoms with Crippen LogP contribution in [-0.4, -0.2) is 28.6 Å². The average Bonchev–Trinajstić information content (AvgIpc) is 2.39. The molecular weight excluding hydrogens is 326 g/mol. The third-order valence-corrected chi connectivity index (χ3v) is 5.18. The van der Waals surface area contributed by atoms with Crippen molar-refractivity contribution in [3.05, 3.63) is 28.2 Å². The van der Waals surface area contributed by atoms with Crippen LogP contribution in [-0.2, 0) is 0 Å². The molecule has 104 valence electrons. The number of phenolic OH excluding ortho intramolecular Hbond substituents is 1. The Morgan fingerprint density at radius 3 is 2.63 bits per heavy atom. The first kappa shape index (κ1) is 14.7. The number of nitrogens with one attached hydrogen (secondary N) is 1. The maximum absolute atomic E-state index is 12.1. The van der Waals surface area contributed by atoms with Gasteiger partial charge in [-0.25, -0.2) is 0 Å². The quantitative estimate of drug-likeness (QED) is 0.882. The van der Waals surface area contributed by atoms with Crippen molar-refractivity contribution in [3.63, 3.8) is 0 Å². The summed E-state index contributed by atoms with van der Waals surface area (Å²) in [5, 5.41) is 13.5. The normalized spacial score (nSPS) is 23.1. The minimum absolute atomic E-state index is 0.0182. The molecule has 0 saturated heterocycles. The van der Waals surface area contributed by atoms with Gasteiger partial charge in [0.2, 0.25) is 0 Å². The van der Waals surface area contributed by atoms with E-state index in [-0.39, 0.29) is 17.7 Å². The largest absolute Gasteiger partial charge is 0.507 e. The third kappa shape index (κ3) is 3.89. The van der Waals surface area contributed by atoms with E-state index in [4.69, 9.17) is 0 Å². The number of rotatable bonds is 3. The van der Waals surface area contributed by atoms with Gasteiger partial charge in [0.05, 0.1) is 5.56 Å². The molecule has 0 atom stereocenters. The molecule has 0 unspecified atom stereocenters. The van der Waals surface area contributed by atoms with E-state index in [0.29, 0.717) is 5.56 Å². The molecule has 1 aliphatic carbocycles. The Labute approximate surface area is 126 Å². The summed E-state index contributed by atoms with van der Waals surface area (Å²) < 4.78 is 0.766. The van der Waals surface area contributed by atoms with Gasteiger partial charge in [-0.2, -0.15) is 11.8 Å². The molecule has 0 heterocycles. The molecular formula is C14H18BrNO2S. The SMILES string of the molecule is CSC1CCC(NC(=O)c2ccc(Br)cc2O)CC1. The van der Waals surface area contributed by atoms with Gasteiger partial charge < -0.3 is 10.4 Å². The molecule has 1 aliphatic rings. The number of benzene rings is 1. The van der Waals surface area contributed by atoms with Gasteiger partial charge in [-0.15, -0.1) is 0 Å². The summed E-state index contributed by atoms with van der Waals surface area (Å²) in [6.45, 7) is 0. The van der Waals surface area contributed by atoms with Crippen LogP contribution >= 0.6 is 27.7 Å². The lowest BCUT2D eigenvalue weighted by Gasteiger charge is -2.28. The Kier molecular flexibility index (Phi) is 5.16. The molecule has 0 bridgehead atoms. The molecule has 3 nitrogen and oxygen atoms in total. The Bertz CT molecular complexity index is 459. The molecule has 1 aromatic carbocycles. The smallest absolute Gasteiger partial charge is 0.255 e. The predicted octanol–water partition coefficient (Wildman–Crippen LogP) is 3.56. The maximum Gasteiger partial charge on any atom is 0.255 e. The monoisotopic (exact) mass is 343 g/mol. The van der Waals surface area contributed by atoms with Crippen molar-refractivity contribution in [2.75, 3.05) is 6.26 Å². The predicted molar refractivity (Wildman–Crippen MR) is 82.8 cm³/mol. The van der Waals surface area contributed by atoms with Crippen molar-refractivity contribution >= 4 is 33.6 Å². The molecule has 0 aliphatic heterocycles. The third-order valence-electron chi connectivity index (χ3n) is 3.55. The van der Waals surface area contributed by atoms with E-state index in [1.807, 2.05) is 11.8 Å². The van der Waals surface area contributed by atoms with Crippen LogP contribution < -0.4 is 5.32 Å². The Hall–Kier alpha value is -0.680. The molecule has 0 spiro atoms. The van der Waals surface area contributed by atoms with Crippen LogP contribution in [0.2, 0.25) is 0 Å². The van der Waals surface area contributed by atoms with Gasteiger partial charge in [-0.3, -0.25) is 4.79 Å². The zero-order valence-corrected chi connectivity index (χ0v) is 13.3. The number of carbonyl (C=O) groups is 1. The van der Waals surface area contributed by atoms with Gasteiger partial charge in [0, 0.05) is 15.8 Å². The van der Waals surface area contributed by atoms with E-state index < -0.39 is 0 Å². The van der Waals surface area contributed by atoms with Crippen LogP contribution in [0.5, 0.6) is 5.75 Å². The second-order valence-corrected chi connectivity index (χ2v) is 6.90. The highest BCUT2D eigenvalue weighted by Gasteiger charge is 2.22. The van der Waals surface area contributed by atoms with Gasteiger partial charge in [0.25, 0.3) is 5.91 Å². The first-order valence-electron chi connectivity index (χ1n) is 6.42. The molecule has 5 heteroatoms. The van der Waals surface area contributed by atoms with E-state index >= 15 is 0 Å². The number of hydrogen-bond donors (Lipinski definition) is 2. The molecule has 2 rings (SSSR count). The number of aromatic hydroxyl groups is 1. The highest BCUT2D eigenvalue weighted by Crippen LogP contribution is 2.28. The van der Waals surface area contributed by atoms with Crippen LogP contribution in [0, 0.1) is 0 Å². The fourth-order valence-corrected chi connectivity index (χ4v) is 3.50. The minimum Gasteiger partial charge on any atom is -0.507 e. The van der Waals surface area contributed by atoms with Gasteiger partial charge in [0.15, 0.2) is 0 Å². The maximum atomic E-state index is 12.1. The fourth-order valence-electron chi connectivity index (χ4n) is 2.40. The van der Waals surface area contributed by atoms with Crippen LogP contribution in [0.15, 0.2) is 22.7 Å². The molecule has 1 saturated carbocycles. The van der Waals surface area contributed by atoms with Crippen LogP contribution in [0.4, 0.5) is 0 Å². The van der Waals surface area contributed by atoms with Crippen molar-refractivity contribution < 1.29 is 9.90 Å². The highest BCUT2D eigenvalue weighted by atomic mass is 79.9. The minimum atomic E-state index is -0.183. The van der Waals surface area contributed by atoms with Crippen LogP contribution in [0.1, 0.15) is 36.0 Å². The summed E-state index contributed by atoms with van der Waals surface area (Å²) in [5.74, 6) is -0.165. The van der Waals surface area contributed by atoms with Gasteiger partial charge >= 0.3 is 0 Å². The summed E-state index contributed by atoms with van der Waals surface area (Å²) in [6.07, 6.45) is 6.49. The standard InChI is InChI=1S/C14H18BrNO2S/c1-19-11-5-3-10(4-6-11)16-14(18)12-7-2-9(15)8-13(12)17/h2,7-8,10-11,17H,3-6H2,1H3,(H,16,18). The highest BCUT2D eigenvalue weighted by molar-refractivity contribution is 9.10. The van der Waals surface area contributed by atoms with E-state index in [0.717, 1.165) is 35.4 Å². The van der Waals surface area contributed by atoms with E-state index in [1.54, 1.807) is 18.2 Å². The van der Waals surface area contributed by atoms with Crippen LogP contribution in [0.25, 0.3) is 0 Å². The topological polar surface area (TPSA) is 49.3 Å². The Morgan fingerprint density at radius 1 is 1.37 bits per heavy atom. The van der Waals surface area contributed by atoms with Gasteiger partial charge in [-0.1, -0.05) is 15.9 Å². The van der Waals surface area contributed by atoms with Crippen molar-refractivity contribution in [3.8, 4) is 5.75 Å². The van der Waals surface area contributed by atoms with E-state index in [1.165, 1.54) is 0 Å². The summed E-state index contributed by atoms with van der Waals surface area (Å²) in [4.78, 5) is 12.1. The molecule has 2 N–H and O–H groups in total. The Balaban J connectivity index is 1.94. The van der Waals surface area contributed by atoms with Crippen molar-refractivity contribution in [2.45, 2.75) is 37.0 Å². The molecule has 1 fully saturated rings. The molecule has 19 heavy (non-hydrogen) atoms. The molecule has 0 radical (unpaired) electrons. The second-order valence-electron chi connectivity index (χ2n) is 4.84. The van der Waals surface area contributed by atoms with Crippen molar-refractivity contribution in [1.82, 2.24) is 5.32 Å². The summed E-state index contributed by atoms with van der Waals surface area (Å²) in [6, 6.07) is 5.18. The molecule has 1 aromatic rings. The fraction of sp³-hybridized carbons (Fsp3) is 0.500. The number of halogens is 1. The van der Waals surface area contributed by atoms with Gasteiger partial charge in [0.1, 0.15) is 5.75 Å².